The molecule has 24 heavy (non-hydrogen) atoms. The lowest BCUT2D eigenvalue weighted by molar-refractivity contribution is -0.132. The Morgan fingerprint density at radius 3 is 2.75 bits per heavy atom. The summed E-state index contributed by atoms with van der Waals surface area (Å²) < 4.78 is 47.9. The van der Waals surface area contributed by atoms with E-state index in [0.717, 1.165) is 25.0 Å². The summed E-state index contributed by atoms with van der Waals surface area (Å²) in [5.74, 6) is -2.18. The minimum absolute atomic E-state index is 0.0641. The van der Waals surface area contributed by atoms with Gasteiger partial charge in [0.25, 0.3) is 0 Å². The summed E-state index contributed by atoms with van der Waals surface area (Å²) in [5.41, 5.74) is 0.461. The minimum atomic E-state index is -3.56. The van der Waals surface area contributed by atoms with E-state index < -0.39 is 21.7 Å². The summed E-state index contributed by atoms with van der Waals surface area (Å²) in [6.45, 7) is 1.04. The molecule has 0 radical (unpaired) electrons. The quantitative estimate of drug-likeness (QED) is 0.802. The molecule has 0 spiro atoms. The van der Waals surface area contributed by atoms with E-state index >= 15 is 0 Å². The Morgan fingerprint density at radius 1 is 1.33 bits per heavy atom. The molecule has 1 atom stereocenters. The van der Waals surface area contributed by atoms with Crippen LogP contribution in [0, 0.1) is 11.6 Å². The largest absolute Gasteiger partial charge is 0.380 e. The van der Waals surface area contributed by atoms with Gasteiger partial charge in [-0.25, -0.2) is 22.3 Å². The number of piperidine rings is 1. The number of rotatable bonds is 6. The van der Waals surface area contributed by atoms with E-state index in [4.69, 9.17) is 5.14 Å². The number of anilines is 1. The number of nitrogens with zero attached hydrogens (tertiary/aromatic N) is 1. The summed E-state index contributed by atoms with van der Waals surface area (Å²) in [5, 5.41) is 8.01. The number of sulfonamides is 1. The second-order valence-corrected chi connectivity index (χ2v) is 7.66. The third-order valence-electron chi connectivity index (χ3n) is 3.88. The first-order valence-electron chi connectivity index (χ1n) is 7.74. The summed E-state index contributed by atoms with van der Waals surface area (Å²) in [7, 11) is -3.56. The summed E-state index contributed by atoms with van der Waals surface area (Å²) in [4.78, 5) is 13.8. The Morgan fingerprint density at radius 2 is 2.08 bits per heavy atom. The fourth-order valence-corrected chi connectivity index (χ4v) is 3.27. The van der Waals surface area contributed by atoms with E-state index in [1.807, 2.05) is 0 Å². The highest BCUT2D eigenvalue weighted by Gasteiger charge is 2.23. The number of nitrogens with two attached hydrogens (primary N) is 1. The molecule has 9 heteroatoms. The van der Waals surface area contributed by atoms with E-state index in [9.17, 15) is 22.0 Å². The molecule has 1 saturated heterocycles. The smallest absolute Gasteiger partial charge is 0.222 e. The molecule has 0 aromatic heterocycles. The molecular formula is C15H21F2N3O3S. The zero-order chi connectivity index (χ0) is 17.7. The Bertz CT molecular complexity index is 697. The van der Waals surface area contributed by atoms with Crippen molar-refractivity contribution in [3.8, 4) is 0 Å². The van der Waals surface area contributed by atoms with E-state index in [1.165, 1.54) is 6.07 Å². The first-order chi connectivity index (χ1) is 11.2. The topological polar surface area (TPSA) is 92.5 Å². The molecule has 2 rings (SSSR count). The number of halogens is 2. The zero-order valence-electron chi connectivity index (χ0n) is 13.2. The van der Waals surface area contributed by atoms with Crippen LogP contribution < -0.4 is 10.5 Å². The van der Waals surface area contributed by atoms with Crippen LogP contribution in [-0.4, -0.2) is 44.1 Å². The number of likely N-dealkylation sites (tertiary alicyclic amines) is 1. The van der Waals surface area contributed by atoms with Crippen molar-refractivity contribution < 1.29 is 22.0 Å². The molecule has 3 N–H and O–H groups in total. The molecule has 0 saturated carbocycles. The Labute approximate surface area is 140 Å². The van der Waals surface area contributed by atoms with E-state index in [0.29, 0.717) is 18.8 Å². The van der Waals surface area contributed by atoms with Gasteiger partial charge < -0.3 is 10.2 Å². The molecule has 1 fully saturated rings. The average Bonchev–Trinajstić information content (AvgIpc) is 2.50. The highest BCUT2D eigenvalue weighted by Crippen LogP contribution is 2.19. The van der Waals surface area contributed by atoms with Gasteiger partial charge in [0.15, 0.2) is 11.6 Å². The highest BCUT2D eigenvalue weighted by molar-refractivity contribution is 7.89. The molecule has 6 nitrogen and oxygen atoms in total. The standard InChI is InChI=1S/C15H21F2N3O3S/c16-13-6-5-11(9-14(13)17)19-12-3-1-7-20(10-12)15(21)4-2-8-24(18,22)23/h5-6,9,12,19H,1-4,7-8,10H2,(H2,18,22,23). The number of hydrogen-bond acceptors (Lipinski definition) is 4. The molecule has 1 aliphatic heterocycles. The van der Waals surface area contributed by atoms with Crippen molar-refractivity contribution in [3.05, 3.63) is 29.8 Å². The van der Waals surface area contributed by atoms with Crippen LogP contribution in [0.15, 0.2) is 18.2 Å². The summed E-state index contributed by atoms with van der Waals surface area (Å²) >= 11 is 0. The number of primary sulfonamides is 1. The van der Waals surface area contributed by atoms with Gasteiger partial charge in [-0.15, -0.1) is 0 Å². The Balaban J connectivity index is 1.86. The molecule has 1 heterocycles. The van der Waals surface area contributed by atoms with Gasteiger partial charge in [0.1, 0.15) is 0 Å². The predicted octanol–water partition coefficient (Wildman–Crippen LogP) is 1.44. The normalized spacial score (nSPS) is 18.5. The van der Waals surface area contributed by atoms with Crippen molar-refractivity contribution in [2.24, 2.45) is 5.14 Å². The maximum Gasteiger partial charge on any atom is 0.222 e. The molecule has 0 aliphatic carbocycles. The van der Waals surface area contributed by atoms with Crippen molar-refractivity contribution in [2.75, 3.05) is 24.2 Å². The Kier molecular flexibility index (Phi) is 6.11. The maximum absolute atomic E-state index is 13.2. The second-order valence-electron chi connectivity index (χ2n) is 5.92. The van der Waals surface area contributed by atoms with Crippen LogP contribution in [0.3, 0.4) is 0 Å². The van der Waals surface area contributed by atoms with Crippen LogP contribution in [0.4, 0.5) is 14.5 Å². The van der Waals surface area contributed by atoms with Gasteiger partial charge in [-0.2, -0.15) is 0 Å². The fourth-order valence-electron chi connectivity index (χ4n) is 2.73. The van der Waals surface area contributed by atoms with Gasteiger partial charge >= 0.3 is 0 Å². The van der Waals surface area contributed by atoms with Gasteiger partial charge in [-0.1, -0.05) is 0 Å². The van der Waals surface area contributed by atoms with Crippen LogP contribution in [0.5, 0.6) is 0 Å². The molecule has 1 aromatic carbocycles. The number of carbonyl (C=O) groups excluding carboxylic acids is 1. The van der Waals surface area contributed by atoms with E-state index in [-0.39, 0.29) is 30.5 Å². The van der Waals surface area contributed by atoms with Gasteiger partial charge in [0.2, 0.25) is 15.9 Å². The summed E-state index contributed by atoms with van der Waals surface area (Å²) in [6, 6.07) is 3.52. The van der Waals surface area contributed by atoms with Gasteiger partial charge in [-0.05, 0) is 31.4 Å². The predicted molar refractivity (Wildman–Crippen MR) is 86.8 cm³/mol. The van der Waals surface area contributed by atoms with Crippen LogP contribution in [0.2, 0.25) is 0 Å². The second kappa shape index (κ2) is 7.89. The van der Waals surface area contributed by atoms with Gasteiger partial charge in [0, 0.05) is 37.3 Å². The van der Waals surface area contributed by atoms with Crippen LogP contribution >= 0.6 is 0 Å². The van der Waals surface area contributed by atoms with Crippen molar-refractivity contribution in [1.82, 2.24) is 4.90 Å². The third-order valence-corrected chi connectivity index (χ3v) is 4.74. The monoisotopic (exact) mass is 361 g/mol. The van der Waals surface area contributed by atoms with Crippen molar-refractivity contribution in [2.45, 2.75) is 31.7 Å². The van der Waals surface area contributed by atoms with Crippen molar-refractivity contribution in [1.29, 1.82) is 0 Å². The number of nitrogens with one attached hydrogen (secondary N) is 1. The van der Waals surface area contributed by atoms with Crippen LogP contribution in [0.1, 0.15) is 25.7 Å². The van der Waals surface area contributed by atoms with E-state index in [1.54, 1.807) is 4.90 Å². The van der Waals surface area contributed by atoms with Crippen LogP contribution in [-0.2, 0) is 14.8 Å². The molecule has 134 valence electrons. The van der Waals surface area contributed by atoms with Gasteiger partial charge in [0.05, 0.1) is 5.75 Å². The lowest BCUT2D eigenvalue weighted by atomic mass is 10.0. The molecular weight excluding hydrogens is 340 g/mol. The first kappa shape index (κ1) is 18.6. The number of amides is 1. The lowest BCUT2D eigenvalue weighted by Crippen LogP contribution is -2.45. The lowest BCUT2D eigenvalue weighted by Gasteiger charge is -2.33. The molecule has 1 unspecified atom stereocenters. The first-order valence-corrected chi connectivity index (χ1v) is 9.46. The van der Waals surface area contributed by atoms with Crippen LogP contribution in [0.25, 0.3) is 0 Å². The molecule has 0 bridgehead atoms. The number of hydrogen-bond donors (Lipinski definition) is 2. The average molecular weight is 361 g/mol. The third kappa shape index (κ3) is 5.72. The minimum Gasteiger partial charge on any atom is -0.380 e. The fraction of sp³-hybridized carbons (Fsp3) is 0.533. The molecule has 1 aliphatic rings. The van der Waals surface area contributed by atoms with E-state index in [2.05, 4.69) is 5.32 Å². The molecule has 1 amide bonds. The zero-order valence-corrected chi connectivity index (χ0v) is 14.0. The number of carbonyl (C=O) groups is 1. The SMILES string of the molecule is NS(=O)(=O)CCCC(=O)N1CCCC(Nc2ccc(F)c(F)c2)C1. The maximum atomic E-state index is 13.2. The Hall–Kier alpha value is -1.74. The highest BCUT2D eigenvalue weighted by atomic mass is 32.2. The van der Waals surface area contributed by atoms with Crippen molar-refractivity contribution in [3.63, 3.8) is 0 Å². The number of benzene rings is 1. The van der Waals surface area contributed by atoms with Gasteiger partial charge in [-0.3, -0.25) is 4.79 Å². The molecule has 1 aromatic rings. The van der Waals surface area contributed by atoms with Crippen molar-refractivity contribution >= 4 is 21.6 Å². The summed E-state index contributed by atoms with van der Waals surface area (Å²) in [6.07, 6.45) is 1.89.